The predicted molar refractivity (Wildman–Crippen MR) is 64.6 cm³/mol. The Labute approximate surface area is 104 Å². The van der Waals surface area contributed by atoms with E-state index in [9.17, 15) is 0 Å². The number of aromatic nitrogens is 3. The number of hydrogen-bond donors (Lipinski definition) is 0. The molecule has 0 spiro atoms. The molecule has 17 heavy (non-hydrogen) atoms. The van der Waals surface area contributed by atoms with Crippen LogP contribution in [0.25, 0.3) is 0 Å². The molecule has 0 amide bonds. The second-order valence-corrected chi connectivity index (χ2v) is 4.50. The summed E-state index contributed by atoms with van der Waals surface area (Å²) in [5, 5.41) is 10.2. The first-order chi connectivity index (χ1) is 8.17. The maximum Gasteiger partial charge on any atom is 0.194 e. The van der Waals surface area contributed by atoms with E-state index in [2.05, 4.69) is 15.0 Å². The molecule has 5 heteroatoms. The van der Waals surface area contributed by atoms with Gasteiger partial charge in [0, 0.05) is 11.4 Å². The minimum atomic E-state index is 0.402. The molecule has 2 aromatic rings. The Bertz CT molecular complexity index is 569. The minimum Gasteiger partial charge on any atom is -0.230 e. The van der Waals surface area contributed by atoms with Crippen molar-refractivity contribution in [3.63, 3.8) is 0 Å². The van der Waals surface area contributed by atoms with Crippen molar-refractivity contribution in [1.29, 1.82) is 5.26 Å². The summed E-state index contributed by atoms with van der Waals surface area (Å²) in [7, 11) is 0. The zero-order valence-corrected chi connectivity index (χ0v) is 10.3. The van der Waals surface area contributed by atoms with E-state index in [0.717, 1.165) is 16.4 Å². The first-order valence-corrected chi connectivity index (χ1v) is 5.86. The maximum atomic E-state index is 8.76. The van der Waals surface area contributed by atoms with Gasteiger partial charge in [0.1, 0.15) is 16.8 Å². The zero-order chi connectivity index (χ0) is 12.3. The molecule has 0 fully saturated rings. The third kappa shape index (κ3) is 3.02. The van der Waals surface area contributed by atoms with Crippen LogP contribution in [-0.2, 0) is 0 Å². The van der Waals surface area contributed by atoms with E-state index in [4.69, 9.17) is 5.26 Å². The molecule has 0 aliphatic heterocycles. The molecule has 0 aromatic carbocycles. The van der Waals surface area contributed by atoms with Crippen LogP contribution in [0.1, 0.15) is 17.1 Å². The summed E-state index contributed by atoms with van der Waals surface area (Å²) in [6, 6.07) is 9.25. The smallest absolute Gasteiger partial charge is 0.194 e. The number of aryl methyl sites for hydroxylation is 2. The number of hydrogen-bond acceptors (Lipinski definition) is 5. The first kappa shape index (κ1) is 11.6. The lowest BCUT2D eigenvalue weighted by molar-refractivity contribution is 0.898. The molecule has 0 radical (unpaired) electrons. The lowest BCUT2D eigenvalue weighted by Crippen LogP contribution is -1.93. The molecule has 4 nitrogen and oxygen atoms in total. The summed E-state index contributed by atoms with van der Waals surface area (Å²) < 4.78 is 0. The summed E-state index contributed by atoms with van der Waals surface area (Å²) >= 11 is 1.36. The van der Waals surface area contributed by atoms with E-state index >= 15 is 0 Å². The van der Waals surface area contributed by atoms with E-state index in [-0.39, 0.29) is 0 Å². The Morgan fingerprint density at radius 1 is 1.12 bits per heavy atom. The van der Waals surface area contributed by atoms with Crippen molar-refractivity contribution < 1.29 is 0 Å². The molecule has 2 rings (SSSR count). The van der Waals surface area contributed by atoms with Crippen LogP contribution in [0, 0.1) is 25.2 Å². The van der Waals surface area contributed by atoms with Gasteiger partial charge in [-0.15, -0.1) is 0 Å². The van der Waals surface area contributed by atoms with Crippen molar-refractivity contribution in [3.05, 3.63) is 41.3 Å². The van der Waals surface area contributed by atoms with Crippen LogP contribution in [0.15, 0.2) is 34.4 Å². The molecule has 0 N–H and O–H groups in total. The molecule has 84 valence electrons. The van der Waals surface area contributed by atoms with E-state index in [1.165, 1.54) is 11.8 Å². The highest BCUT2D eigenvalue weighted by atomic mass is 32.2. The van der Waals surface area contributed by atoms with Crippen LogP contribution >= 0.6 is 11.8 Å². The fourth-order valence-electron chi connectivity index (χ4n) is 1.37. The van der Waals surface area contributed by atoms with Crippen LogP contribution in [0.2, 0.25) is 0 Å². The molecule has 0 saturated heterocycles. The van der Waals surface area contributed by atoms with E-state index < -0.39 is 0 Å². The average Bonchev–Trinajstić information content (AvgIpc) is 2.28. The minimum absolute atomic E-state index is 0.402. The Morgan fingerprint density at radius 2 is 1.82 bits per heavy atom. The molecule has 0 saturated carbocycles. The number of pyridine rings is 1. The van der Waals surface area contributed by atoms with Crippen molar-refractivity contribution in [1.82, 2.24) is 15.0 Å². The highest BCUT2D eigenvalue weighted by molar-refractivity contribution is 7.99. The van der Waals surface area contributed by atoms with Gasteiger partial charge in [-0.3, -0.25) is 0 Å². The highest BCUT2D eigenvalue weighted by Crippen LogP contribution is 2.22. The summed E-state index contributed by atoms with van der Waals surface area (Å²) in [5.41, 5.74) is 2.26. The average molecular weight is 242 g/mol. The molecule has 0 bridgehead atoms. The van der Waals surface area contributed by atoms with Gasteiger partial charge in [0.25, 0.3) is 0 Å². The van der Waals surface area contributed by atoms with Crippen molar-refractivity contribution >= 4 is 11.8 Å². The molecule has 0 unspecified atom stereocenters. The molecule has 0 aliphatic rings. The molecule has 2 aromatic heterocycles. The number of nitrogens with zero attached hydrogens (tertiary/aromatic N) is 4. The molecule has 2 heterocycles. The van der Waals surface area contributed by atoms with Crippen LogP contribution < -0.4 is 0 Å². The molecular formula is C12H10N4S. The second kappa shape index (κ2) is 4.93. The van der Waals surface area contributed by atoms with Gasteiger partial charge < -0.3 is 0 Å². The first-order valence-electron chi connectivity index (χ1n) is 5.04. The third-order valence-corrected chi connectivity index (χ3v) is 2.80. The quantitative estimate of drug-likeness (QED) is 0.757. The maximum absolute atomic E-state index is 8.76. The lowest BCUT2D eigenvalue weighted by Gasteiger charge is -2.02. The number of nitriles is 1. The van der Waals surface area contributed by atoms with E-state index in [1.807, 2.05) is 32.0 Å². The summed E-state index contributed by atoms with van der Waals surface area (Å²) in [5.74, 6) is 0. The Balaban J connectivity index is 2.28. The van der Waals surface area contributed by atoms with Gasteiger partial charge in [-0.05, 0) is 43.8 Å². The summed E-state index contributed by atoms with van der Waals surface area (Å²) in [4.78, 5) is 12.8. The zero-order valence-electron chi connectivity index (χ0n) is 9.51. The van der Waals surface area contributed by atoms with E-state index in [0.29, 0.717) is 10.9 Å². The van der Waals surface area contributed by atoms with Gasteiger partial charge in [-0.2, -0.15) is 5.26 Å². The van der Waals surface area contributed by atoms with Crippen molar-refractivity contribution in [2.24, 2.45) is 0 Å². The monoisotopic (exact) mass is 242 g/mol. The van der Waals surface area contributed by atoms with Gasteiger partial charge in [-0.1, -0.05) is 6.07 Å². The van der Waals surface area contributed by atoms with Crippen LogP contribution in [0.3, 0.4) is 0 Å². The second-order valence-electron chi connectivity index (χ2n) is 3.51. The van der Waals surface area contributed by atoms with Crippen molar-refractivity contribution in [3.8, 4) is 6.07 Å². The molecule has 0 atom stereocenters. The van der Waals surface area contributed by atoms with Crippen LogP contribution in [0.5, 0.6) is 0 Å². The summed E-state index contributed by atoms with van der Waals surface area (Å²) in [6.45, 7) is 3.86. The van der Waals surface area contributed by atoms with Gasteiger partial charge in [0.15, 0.2) is 5.16 Å². The topological polar surface area (TPSA) is 62.5 Å². The van der Waals surface area contributed by atoms with Gasteiger partial charge in [0.05, 0.1) is 0 Å². The van der Waals surface area contributed by atoms with Gasteiger partial charge in [0.2, 0.25) is 0 Å². The van der Waals surface area contributed by atoms with Crippen LogP contribution in [-0.4, -0.2) is 15.0 Å². The third-order valence-electron chi connectivity index (χ3n) is 2.00. The van der Waals surface area contributed by atoms with Crippen molar-refractivity contribution in [2.45, 2.75) is 24.0 Å². The van der Waals surface area contributed by atoms with Crippen LogP contribution in [0.4, 0.5) is 0 Å². The standard InChI is InChI=1S/C12H10N4S/c1-8-6-9(2)15-12(14-8)17-11-5-3-4-10(7-13)16-11/h3-6H,1-2H3. The Kier molecular flexibility index (Phi) is 3.35. The Hall–Kier alpha value is -1.93. The SMILES string of the molecule is Cc1cc(C)nc(Sc2cccc(C#N)n2)n1. The highest BCUT2D eigenvalue weighted by Gasteiger charge is 2.04. The molecular weight excluding hydrogens is 232 g/mol. The van der Waals surface area contributed by atoms with Gasteiger partial charge >= 0.3 is 0 Å². The lowest BCUT2D eigenvalue weighted by atomic mass is 10.4. The fraction of sp³-hybridized carbons (Fsp3) is 0.167. The summed E-state index contributed by atoms with van der Waals surface area (Å²) in [6.07, 6.45) is 0. The Morgan fingerprint density at radius 3 is 2.47 bits per heavy atom. The number of rotatable bonds is 2. The predicted octanol–water partition coefficient (Wildman–Crippen LogP) is 2.51. The molecule has 0 aliphatic carbocycles. The van der Waals surface area contributed by atoms with Crippen molar-refractivity contribution in [2.75, 3.05) is 0 Å². The largest absolute Gasteiger partial charge is 0.230 e. The van der Waals surface area contributed by atoms with E-state index in [1.54, 1.807) is 12.1 Å². The normalized spacial score (nSPS) is 9.94. The fourth-order valence-corrected chi connectivity index (χ4v) is 2.22. The van der Waals surface area contributed by atoms with Gasteiger partial charge in [-0.25, -0.2) is 15.0 Å².